The highest BCUT2D eigenvalue weighted by molar-refractivity contribution is 7.13. The van der Waals surface area contributed by atoms with Gasteiger partial charge in [0.1, 0.15) is 18.1 Å². The number of hydrogen-bond donors (Lipinski definition) is 0. The summed E-state index contributed by atoms with van der Waals surface area (Å²) in [6.45, 7) is 4.44. The van der Waals surface area contributed by atoms with Gasteiger partial charge in [-0.25, -0.2) is 0 Å². The van der Waals surface area contributed by atoms with Crippen molar-refractivity contribution < 1.29 is 13.7 Å². The summed E-state index contributed by atoms with van der Waals surface area (Å²) in [7, 11) is 0. The van der Waals surface area contributed by atoms with Crippen molar-refractivity contribution in [2.24, 2.45) is 0 Å². The molecule has 0 aliphatic rings. The second kappa shape index (κ2) is 6.57. The Hall–Kier alpha value is -2.86. The summed E-state index contributed by atoms with van der Waals surface area (Å²) in [6.07, 6.45) is 0. The van der Waals surface area contributed by atoms with Gasteiger partial charge < -0.3 is 13.7 Å². The molecule has 0 aliphatic carbocycles. The number of thiophene rings is 1. The maximum atomic E-state index is 5.81. The van der Waals surface area contributed by atoms with Crippen LogP contribution in [0.15, 0.2) is 56.8 Å². The van der Waals surface area contributed by atoms with Crippen molar-refractivity contribution in [2.45, 2.75) is 20.5 Å². The molecule has 0 saturated carbocycles. The molecule has 0 atom stereocenters. The molecule has 0 unspecified atom stereocenters. The first-order valence-electron chi connectivity index (χ1n) is 7.85. The summed E-state index contributed by atoms with van der Waals surface area (Å²) in [5.41, 5.74) is 2.34. The fourth-order valence-corrected chi connectivity index (χ4v) is 3.22. The molecule has 4 rings (SSSR count). The average molecular weight is 352 g/mol. The van der Waals surface area contributed by atoms with E-state index in [9.17, 15) is 0 Å². The molecule has 0 saturated heterocycles. The normalized spacial score (nSPS) is 11.0. The Morgan fingerprint density at radius 3 is 2.68 bits per heavy atom. The molecule has 0 radical (unpaired) electrons. The molecule has 25 heavy (non-hydrogen) atoms. The van der Waals surface area contributed by atoms with Gasteiger partial charge in [-0.3, -0.25) is 0 Å². The van der Waals surface area contributed by atoms with E-state index in [1.165, 1.54) is 11.1 Å². The second-order valence-electron chi connectivity index (χ2n) is 5.78. The number of ether oxygens (including phenoxy) is 1. The Balaban J connectivity index is 1.47. The summed E-state index contributed by atoms with van der Waals surface area (Å²) < 4.78 is 16.9. The van der Waals surface area contributed by atoms with E-state index in [-0.39, 0.29) is 0 Å². The molecule has 0 N–H and O–H groups in total. The van der Waals surface area contributed by atoms with Crippen molar-refractivity contribution in [3.63, 3.8) is 0 Å². The minimum Gasteiger partial charge on any atom is -0.486 e. The predicted octanol–water partition coefficient (Wildman–Crippen LogP) is 5.25. The lowest BCUT2D eigenvalue weighted by molar-refractivity contribution is 0.270. The standard InChI is InChI=1S/C19H16N2O3S/c1-12-8-13(2)10-15(9-12)22-11-14-5-6-16(23-14)19-20-18(21-24-19)17-4-3-7-25-17/h3-10H,11H2,1-2H3. The largest absolute Gasteiger partial charge is 0.486 e. The zero-order chi connectivity index (χ0) is 17.2. The maximum absolute atomic E-state index is 5.81. The molecule has 0 amide bonds. The topological polar surface area (TPSA) is 61.3 Å². The molecule has 126 valence electrons. The minimum absolute atomic E-state index is 0.342. The van der Waals surface area contributed by atoms with E-state index < -0.39 is 0 Å². The molecule has 0 bridgehead atoms. The van der Waals surface area contributed by atoms with Crippen molar-refractivity contribution >= 4 is 11.3 Å². The highest BCUT2D eigenvalue weighted by atomic mass is 32.1. The maximum Gasteiger partial charge on any atom is 0.293 e. The number of aryl methyl sites for hydroxylation is 2. The third-order valence-corrected chi connectivity index (χ3v) is 4.48. The Kier molecular flexibility index (Phi) is 4.11. The van der Waals surface area contributed by atoms with E-state index in [4.69, 9.17) is 13.7 Å². The smallest absolute Gasteiger partial charge is 0.293 e. The van der Waals surface area contributed by atoms with Crippen LogP contribution in [0.2, 0.25) is 0 Å². The summed E-state index contributed by atoms with van der Waals surface area (Å²) in [6, 6.07) is 13.7. The van der Waals surface area contributed by atoms with Crippen molar-refractivity contribution in [3.8, 4) is 28.1 Å². The molecule has 4 aromatic rings. The van der Waals surface area contributed by atoms with Gasteiger partial charge in [-0.2, -0.15) is 4.98 Å². The van der Waals surface area contributed by atoms with Crippen LogP contribution in [-0.4, -0.2) is 10.1 Å². The zero-order valence-corrected chi connectivity index (χ0v) is 14.7. The first-order chi connectivity index (χ1) is 12.2. The van der Waals surface area contributed by atoms with Crippen LogP contribution in [0.1, 0.15) is 16.9 Å². The van der Waals surface area contributed by atoms with Crippen molar-refractivity contribution in [1.29, 1.82) is 0 Å². The number of aromatic nitrogens is 2. The molecule has 3 heterocycles. The second-order valence-corrected chi connectivity index (χ2v) is 6.73. The summed E-state index contributed by atoms with van der Waals surface area (Å²) in [4.78, 5) is 5.33. The van der Waals surface area contributed by atoms with Crippen LogP contribution in [-0.2, 0) is 6.61 Å². The van der Waals surface area contributed by atoms with Crippen molar-refractivity contribution in [1.82, 2.24) is 10.1 Å². The summed E-state index contributed by atoms with van der Waals surface area (Å²) in [5, 5.41) is 5.96. The van der Waals surface area contributed by atoms with Gasteiger partial charge in [-0.05, 0) is 60.7 Å². The van der Waals surface area contributed by atoms with E-state index in [0.717, 1.165) is 10.6 Å². The SMILES string of the molecule is Cc1cc(C)cc(OCc2ccc(-c3nc(-c4cccs4)no3)o2)c1. The van der Waals surface area contributed by atoms with Gasteiger partial charge in [0.25, 0.3) is 5.89 Å². The van der Waals surface area contributed by atoms with Gasteiger partial charge >= 0.3 is 0 Å². The van der Waals surface area contributed by atoms with Crippen LogP contribution in [0, 0.1) is 13.8 Å². The van der Waals surface area contributed by atoms with E-state index in [0.29, 0.717) is 29.8 Å². The van der Waals surface area contributed by atoms with Crippen molar-refractivity contribution in [3.05, 3.63) is 64.7 Å². The molecular formula is C19H16N2O3S. The van der Waals surface area contributed by atoms with Crippen LogP contribution < -0.4 is 4.74 Å². The fourth-order valence-electron chi connectivity index (χ4n) is 2.57. The molecule has 1 aromatic carbocycles. The van der Waals surface area contributed by atoms with Gasteiger partial charge in [0.15, 0.2) is 5.76 Å². The number of furan rings is 1. The first kappa shape index (κ1) is 15.7. The zero-order valence-electron chi connectivity index (χ0n) is 13.9. The summed E-state index contributed by atoms with van der Waals surface area (Å²) >= 11 is 1.56. The van der Waals surface area contributed by atoms with Crippen LogP contribution in [0.4, 0.5) is 0 Å². The minimum atomic E-state index is 0.342. The summed E-state index contributed by atoms with van der Waals surface area (Å²) in [5.74, 6) is 2.99. The van der Waals surface area contributed by atoms with E-state index in [2.05, 4.69) is 16.2 Å². The van der Waals surface area contributed by atoms with E-state index in [1.807, 2.05) is 55.6 Å². The Bertz CT molecular complexity index is 966. The fraction of sp³-hybridized carbons (Fsp3) is 0.158. The van der Waals surface area contributed by atoms with Gasteiger partial charge in [0, 0.05) is 0 Å². The Labute approximate surface area is 148 Å². The lowest BCUT2D eigenvalue weighted by Crippen LogP contribution is -1.94. The molecule has 5 nitrogen and oxygen atoms in total. The van der Waals surface area contributed by atoms with Crippen LogP contribution in [0.3, 0.4) is 0 Å². The van der Waals surface area contributed by atoms with Crippen LogP contribution >= 0.6 is 11.3 Å². The Morgan fingerprint density at radius 1 is 1.08 bits per heavy atom. The van der Waals surface area contributed by atoms with Crippen LogP contribution in [0.5, 0.6) is 5.75 Å². The number of benzene rings is 1. The van der Waals surface area contributed by atoms with Crippen LogP contribution in [0.25, 0.3) is 22.4 Å². The number of hydrogen-bond acceptors (Lipinski definition) is 6. The lowest BCUT2D eigenvalue weighted by atomic mass is 10.1. The monoisotopic (exact) mass is 352 g/mol. The molecule has 0 aliphatic heterocycles. The van der Waals surface area contributed by atoms with E-state index in [1.54, 1.807) is 11.3 Å². The third kappa shape index (κ3) is 3.49. The van der Waals surface area contributed by atoms with Gasteiger partial charge in [-0.1, -0.05) is 17.3 Å². The first-order valence-corrected chi connectivity index (χ1v) is 8.73. The van der Waals surface area contributed by atoms with Gasteiger partial charge in [0.2, 0.25) is 5.82 Å². The molecule has 6 heteroatoms. The molecule has 0 fully saturated rings. The lowest BCUT2D eigenvalue weighted by Gasteiger charge is -2.06. The number of rotatable bonds is 5. The third-order valence-electron chi connectivity index (χ3n) is 3.62. The highest BCUT2D eigenvalue weighted by Gasteiger charge is 2.15. The molecule has 3 aromatic heterocycles. The predicted molar refractivity (Wildman–Crippen MR) is 95.6 cm³/mol. The highest BCUT2D eigenvalue weighted by Crippen LogP contribution is 2.27. The van der Waals surface area contributed by atoms with Crippen molar-refractivity contribution in [2.75, 3.05) is 0 Å². The molecular weight excluding hydrogens is 336 g/mol. The van der Waals surface area contributed by atoms with Gasteiger partial charge in [0.05, 0.1) is 4.88 Å². The number of nitrogens with zero attached hydrogens (tertiary/aromatic N) is 2. The van der Waals surface area contributed by atoms with Gasteiger partial charge in [-0.15, -0.1) is 11.3 Å². The average Bonchev–Trinajstić information content (AvgIpc) is 3.31. The Morgan fingerprint density at radius 2 is 1.92 bits per heavy atom. The van der Waals surface area contributed by atoms with E-state index >= 15 is 0 Å². The quantitative estimate of drug-likeness (QED) is 0.491. The molecule has 0 spiro atoms.